The summed E-state index contributed by atoms with van der Waals surface area (Å²) in [7, 11) is 5.48. The number of nitrogens with two attached hydrogens (primary N) is 1. The Morgan fingerprint density at radius 3 is 2.64 bits per heavy atom. The maximum Gasteiger partial charge on any atom is 0.248 e. The lowest BCUT2D eigenvalue weighted by Gasteiger charge is -2.01. The molecule has 1 amide bonds. The molecule has 2 radical (unpaired) electrons. The van der Waals surface area contributed by atoms with Crippen LogP contribution in [-0.2, 0) is 0 Å². The van der Waals surface area contributed by atoms with Gasteiger partial charge in [0.1, 0.15) is 7.85 Å². The van der Waals surface area contributed by atoms with Crippen molar-refractivity contribution in [3.63, 3.8) is 0 Å². The second-order valence-corrected chi connectivity index (χ2v) is 2.44. The smallest absolute Gasteiger partial charge is 0.248 e. The van der Waals surface area contributed by atoms with Crippen LogP contribution in [0, 0.1) is 6.92 Å². The second-order valence-electron chi connectivity index (χ2n) is 2.44. The van der Waals surface area contributed by atoms with Crippen molar-refractivity contribution in [2.45, 2.75) is 6.92 Å². The van der Waals surface area contributed by atoms with Crippen molar-refractivity contribution in [1.29, 1.82) is 0 Å². The van der Waals surface area contributed by atoms with Crippen molar-refractivity contribution < 1.29 is 4.79 Å². The highest BCUT2D eigenvalue weighted by Gasteiger charge is 2.02. The molecule has 0 aliphatic heterocycles. The van der Waals surface area contributed by atoms with Gasteiger partial charge in [-0.05, 0) is 18.6 Å². The van der Waals surface area contributed by atoms with Crippen LogP contribution < -0.4 is 11.2 Å². The summed E-state index contributed by atoms with van der Waals surface area (Å²) in [5, 5.41) is 0. The van der Waals surface area contributed by atoms with Crippen molar-refractivity contribution in [3.8, 4) is 0 Å². The average Bonchev–Trinajstić information content (AvgIpc) is 1.85. The molecule has 0 aliphatic carbocycles. The van der Waals surface area contributed by atoms with Crippen LogP contribution in [0.25, 0.3) is 0 Å². The van der Waals surface area contributed by atoms with Crippen LogP contribution in [0.5, 0.6) is 0 Å². The number of rotatable bonds is 1. The monoisotopic (exact) mass is 145 g/mol. The minimum absolute atomic E-state index is 0.414. The number of primary amides is 1. The summed E-state index contributed by atoms with van der Waals surface area (Å²) in [5.41, 5.74) is 7.07. The summed E-state index contributed by atoms with van der Waals surface area (Å²) < 4.78 is 0. The molecule has 0 fully saturated rings. The van der Waals surface area contributed by atoms with Gasteiger partial charge in [-0.15, -0.1) is 0 Å². The standard InChI is InChI=1S/C8H8BNO/c1-5-4-6(9)2-3-7(5)8(10)11/h2-4H,1H3,(H2,10,11). The molecule has 0 saturated heterocycles. The number of amides is 1. The van der Waals surface area contributed by atoms with Gasteiger partial charge in [0.2, 0.25) is 5.91 Å². The molecule has 1 aromatic rings. The van der Waals surface area contributed by atoms with E-state index in [0.29, 0.717) is 11.0 Å². The van der Waals surface area contributed by atoms with Crippen LogP contribution in [0.15, 0.2) is 18.2 Å². The molecule has 0 aliphatic rings. The van der Waals surface area contributed by atoms with Crippen molar-refractivity contribution in [3.05, 3.63) is 29.3 Å². The molecule has 0 atom stereocenters. The van der Waals surface area contributed by atoms with E-state index in [9.17, 15) is 4.79 Å². The van der Waals surface area contributed by atoms with Crippen LogP contribution in [0.4, 0.5) is 0 Å². The van der Waals surface area contributed by atoms with Gasteiger partial charge in [0.15, 0.2) is 0 Å². The van der Waals surface area contributed by atoms with Gasteiger partial charge in [0.25, 0.3) is 0 Å². The lowest BCUT2D eigenvalue weighted by Crippen LogP contribution is -2.14. The third-order valence-electron chi connectivity index (χ3n) is 1.52. The van der Waals surface area contributed by atoms with Gasteiger partial charge >= 0.3 is 0 Å². The summed E-state index contributed by atoms with van der Waals surface area (Å²) >= 11 is 0. The molecule has 11 heavy (non-hydrogen) atoms. The number of aryl methyl sites for hydroxylation is 1. The van der Waals surface area contributed by atoms with E-state index in [1.807, 2.05) is 0 Å². The molecule has 54 valence electrons. The van der Waals surface area contributed by atoms with Crippen LogP contribution in [0.3, 0.4) is 0 Å². The van der Waals surface area contributed by atoms with Crippen molar-refractivity contribution in [2.24, 2.45) is 5.73 Å². The highest BCUT2D eigenvalue weighted by molar-refractivity contribution is 6.32. The maximum atomic E-state index is 10.7. The minimum atomic E-state index is -0.414. The van der Waals surface area contributed by atoms with E-state index in [1.54, 1.807) is 25.1 Å². The first-order valence-electron chi connectivity index (χ1n) is 3.27. The zero-order valence-corrected chi connectivity index (χ0v) is 6.29. The van der Waals surface area contributed by atoms with Gasteiger partial charge in [0.05, 0.1) is 0 Å². The van der Waals surface area contributed by atoms with E-state index in [0.717, 1.165) is 5.56 Å². The summed E-state index contributed by atoms with van der Waals surface area (Å²) in [5.74, 6) is -0.414. The molecule has 0 heterocycles. The molecule has 0 spiro atoms. The molecule has 0 saturated carbocycles. The molecular weight excluding hydrogens is 137 g/mol. The van der Waals surface area contributed by atoms with Gasteiger partial charge in [0, 0.05) is 5.56 Å². The Bertz CT molecular complexity index is 296. The summed E-state index contributed by atoms with van der Waals surface area (Å²) in [6, 6.07) is 5.01. The molecule has 0 unspecified atom stereocenters. The number of carbonyl (C=O) groups excluding carboxylic acids is 1. The zero-order valence-electron chi connectivity index (χ0n) is 6.29. The average molecular weight is 145 g/mol. The fourth-order valence-corrected chi connectivity index (χ4v) is 0.963. The first-order valence-corrected chi connectivity index (χ1v) is 3.27. The minimum Gasteiger partial charge on any atom is -0.366 e. The largest absolute Gasteiger partial charge is 0.366 e. The fraction of sp³-hybridized carbons (Fsp3) is 0.125. The van der Waals surface area contributed by atoms with Gasteiger partial charge in [-0.1, -0.05) is 17.6 Å². The topological polar surface area (TPSA) is 43.1 Å². The first-order chi connectivity index (χ1) is 5.11. The quantitative estimate of drug-likeness (QED) is 0.550. The molecule has 2 N–H and O–H groups in total. The van der Waals surface area contributed by atoms with Crippen LogP contribution >= 0.6 is 0 Å². The number of hydrogen-bond acceptors (Lipinski definition) is 1. The fourth-order valence-electron chi connectivity index (χ4n) is 0.963. The Hall–Kier alpha value is -1.25. The molecule has 1 rings (SSSR count). The molecule has 3 heteroatoms. The first kappa shape index (κ1) is 7.86. The van der Waals surface area contributed by atoms with Gasteiger partial charge in [-0.25, -0.2) is 0 Å². The third-order valence-corrected chi connectivity index (χ3v) is 1.52. The van der Waals surface area contributed by atoms with Gasteiger partial charge in [-0.2, -0.15) is 0 Å². The normalized spacial score (nSPS) is 9.55. The Balaban J connectivity index is 3.20. The van der Waals surface area contributed by atoms with Crippen molar-refractivity contribution in [1.82, 2.24) is 0 Å². The van der Waals surface area contributed by atoms with Crippen LogP contribution in [0.1, 0.15) is 15.9 Å². The van der Waals surface area contributed by atoms with E-state index in [1.165, 1.54) is 0 Å². The van der Waals surface area contributed by atoms with Crippen molar-refractivity contribution in [2.75, 3.05) is 0 Å². The van der Waals surface area contributed by atoms with Gasteiger partial charge < -0.3 is 5.73 Å². The van der Waals surface area contributed by atoms with E-state index in [-0.39, 0.29) is 0 Å². The Morgan fingerprint density at radius 1 is 1.55 bits per heavy atom. The summed E-state index contributed by atoms with van der Waals surface area (Å²) in [6.45, 7) is 1.80. The number of benzene rings is 1. The van der Waals surface area contributed by atoms with E-state index in [4.69, 9.17) is 13.6 Å². The molecule has 0 aromatic heterocycles. The zero-order chi connectivity index (χ0) is 8.43. The lowest BCUT2D eigenvalue weighted by atomic mass is 9.92. The predicted octanol–water partition coefficient (Wildman–Crippen LogP) is -0.112. The van der Waals surface area contributed by atoms with E-state index in [2.05, 4.69) is 0 Å². The highest BCUT2D eigenvalue weighted by atomic mass is 16.1. The lowest BCUT2D eigenvalue weighted by molar-refractivity contribution is 0.1000. The Labute approximate surface area is 66.8 Å². The number of carbonyl (C=O) groups is 1. The van der Waals surface area contributed by atoms with E-state index >= 15 is 0 Å². The van der Waals surface area contributed by atoms with Crippen molar-refractivity contribution >= 4 is 19.2 Å². The van der Waals surface area contributed by atoms with Crippen LogP contribution in [0.2, 0.25) is 0 Å². The molecule has 2 nitrogen and oxygen atoms in total. The van der Waals surface area contributed by atoms with Gasteiger partial charge in [-0.3, -0.25) is 4.79 Å². The number of hydrogen-bond donors (Lipinski definition) is 1. The molecule has 0 bridgehead atoms. The van der Waals surface area contributed by atoms with E-state index < -0.39 is 5.91 Å². The summed E-state index contributed by atoms with van der Waals surface area (Å²) in [4.78, 5) is 10.7. The maximum absolute atomic E-state index is 10.7. The third kappa shape index (κ3) is 1.61. The summed E-state index contributed by atoms with van der Waals surface area (Å²) in [6.07, 6.45) is 0. The molecular formula is C8H8BNO. The predicted molar refractivity (Wildman–Crippen MR) is 45.1 cm³/mol. The van der Waals surface area contributed by atoms with Crippen LogP contribution in [-0.4, -0.2) is 13.8 Å². The SMILES string of the molecule is [B]c1ccc(C(N)=O)c(C)c1. The Morgan fingerprint density at radius 2 is 2.18 bits per heavy atom. The highest BCUT2D eigenvalue weighted by Crippen LogP contribution is 2.02. The second kappa shape index (κ2) is 2.78. The Kier molecular flexibility index (Phi) is 1.99. The molecule has 1 aromatic carbocycles.